The van der Waals surface area contributed by atoms with Crippen molar-refractivity contribution in [1.82, 2.24) is 0 Å². The molecule has 0 fully saturated rings. The van der Waals surface area contributed by atoms with Crippen LogP contribution in [0.25, 0.3) is 0 Å². The highest BCUT2D eigenvalue weighted by atomic mass is 19.1. The zero-order valence-electron chi connectivity index (χ0n) is 8.08. The molecule has 2 rings (SSSR count). The van der Waals surface area contributed by atoms with E-state index in [1.165, 1.54) is 0 Å². The Morgan fingerprint density at radius 3 is 2.80 bits per heavy atom. The van der Waals surface area contributed by atoms with Crippen molar-refractivity contribution < 1.29 is 19.1 Å². The van der Waals surface area contributed by atoms with Gasteiger partial charge < -0.3 is 5.11 Å². The van der Waals surface area contributed by atoms with Crippen molar-refractivity contribution in [3.05, 3.63) is 34.6 Å². The molecule has 78 valence electrons. The fraction of sp³-hybridized carbons (Fsp3) is 0.273. The van der Waals surface area contributed by atoms with Crippen LogP contribution in [-0.4, -0.2) is 16.9 Å². The molecule has 0 radical (unpaired) electrons. The molecule has 0 heterocycles. The lowest BCUT2D eigenvalue weighted by molar-refractivity contribution is 0.0692. The minimum atomic E-state index is -1.19. The predicted octanol–water partition coefficient (Wildman–Crippen LogP) is 2.21. The van der Waals surface area contributed by atoms with Crippen molar-refractivity contribution in [2.75, 3.05) is 0 Å². The minimum absolute atomic E-state index is 0.0509. The predicted molar refractivity (Wildman–Crippen MR) is 50.7 cm³/mol. The highest BCUT2D eigenvalue weighted by molar-refractivity contribution is 6.09. The number of carbonyl (C=O) groups is 2. The molecular weight excluding hydrogens is 199 g/mol. The Balaban J connectivity index is 2.75. The van der Waals surface area contributed by atoms with E-state index in [4.69, 9.17) is 5.11 Å². The number of rotatable bonds is 1. The van der Waals surface area contributed by atoms with Gasteiger partial charge in [0, 0.05) is 17.5 Å². The molecule has 0 aliphatic heterocycles. The van der Waals surface area contributed by atoms with Gasteiger partial charge in [0.2, 0.25) is 0 Å². The molecule has 3 nitrogen and oxygen atoms in total. The van der Waals surface area contributed by atoms with Crippen LogP contribution in [0.1, 0.15) is 45.5 Å². The molecular formula is C11H9FO3. The average Bonchev–Trinajstić information content (AvgIpc) is 2.43. The van der Waals surface area contributed by atoms with Gasteiger partial charge >= 0.3 is 5.97 Å². The zero-order valence-corrected chi connectivity index (χ0v) is 8.08. The quantitative estimate of drug-likeness (QED) is 0.769. The topological polar surface area (TPSA) is 54.4 Å². The maximum atomic E-state index is 13.4. The smallest absolute Gasteiger partial charge is 0.336 e. The molecule has 0 saturated heterocycles. The lowest BCUT2D eigenvalue weighted by atomic mass is 9.99. The van der Waals surface area contributed by atoms with E-state index >= 15 is 0 Å². The summed E-state index contributed by atoms with van der Waals surface area (Å²) in [6, 6.07) is 2.25. The third-order valence-corrected chi connectivity index (χ3v) is 2.69. The van der Waals surface area contributed by atoms with Crippen LogP contribution in [0.15, 0.2) is 12.1 Å². The van der Waals surface area contributed by atoms with E-state index in [9.17, 15) is 14.0 Å². The van der Waals surface area contributed by atoms with Gasteiger partial charge in [-0.25, -0.2) is 9.18 Å². The molecule has 1 aliphatic carbocycles. The maximum Gasteiger partial charge on any atom is 0.336 e. The first-order valence-electron chi connectivity index (χ1n) is 4.61. The van der Waals surface area contributed by atoms with Crippen LogP contribution in [0.3, 0.4) is 0 Å². The number of hydrogen-bond acceptors (Lipinski definition) is 2. The first-order valence-corrected chi connectivity index (χ1v) is 4.61. The summed E-state index contributed by atoms with van der Waals surface area (Å²) < 4.78 is 13.4. The first kappa shape index (κ1) is 9.83. The summed E-state index contributed by atoms with van der Waals surface area (Å²) in [7, 11) is 0. The molecule has 1 aliphatic rings. The Morgan fingerprint density at radius 2 is 2.20 bits per heavy atom. The van der Waals surface area contributed by atoms with Crippen LogP contribution in [0, 0.1) is 5.82 Å². The van der Waals surface area contributed by atoms with E-state index in [1.807, 2.05) is 0 Å². The highest BCUT2D eigenvalue weighted by Crippen LogP contribution is 2.36. The molecule has 0 unspecified atom stereocenters. The van der Waals surface area contributed by atoms with E-state index in [0.29, 0.717) is 0 Å². The number of aromatic carboxylic acids is 1. The van der Waals surface area contributed by atoms with Crippen molar-refractivity contribution in [2.24, 2.45) is 0 Å². The summed E-state index contributed by atoms with van der Waals surface area (Å²) in [5.74, 6) is -2.19. The molecule has 1 aromatic carbocycles. The van der Waals surface area contributed by atoms with Crippen molar-refractivity contribution in [1.29, 1.82) is 0 Å². The standard InChI is InChI=1S/C11H9FO3/c1-5-4-8(13)10-6(11(14)15)2-3-7(12)9(5)10/h2-3,5H,4H2,1H3,(H,14,15)/t5-/m1/s1. The summed E-state index contributed by atoms with van der Waals surface area (Å²) in [5, 5.41) is 8.87. The van der Waals surface area contributed by atoms with Crippen LogP contribution in [0.5, 0.6) is 0 Å². The number of carboxylic acids is 1. The normalized spacial score (nSPS) is 19.1. The summed E-state index contributed by atoms with van der Waals surface area (Å²) in [6.45, 7) is 1.72. The Morgan fingerprint density at radius 1 is 1.53 bits per heavy atom. The van der Waals surface area contributed by atoms with E-state index in [-0.39, 0.29) is 34.8 Å². The number of benzene rings is 1. The lowest BCUT2D eigenvalue weighted by Crippen LogP contribution is -2.06. The van der Waals surface area contributed by atoms with E-state index < -0.39 is 11.8 Å². The largest absolute Gasteiger partial charge is 0.478 e. The minimum Gasteiger partial charge on any atom is -0.478 e. The SMILES string of the molecule is C[C@@H]1CC(=O)c2c(C(=O)O)ccc(F)c21. The summed E-state index contributed by atoms with van der Waals surface area (Å²) in [4.78, 5) is 22.4. The molecule has 0 aromatic heterocycles. The third kappa shape index (κ3) is 1.33. The van der Waals surface area contributed by atoms with Gasteiger partial charge in [0.25, 0.3) is 0 Å². The van der Waals surface area contributed by atoms with Crippen LogP contribution in [0.4, 0.5) is 4.39 Å². The molecule has 15 heavy (non-hydrogen) atoms. The van der Waals surface area contributed by atoms with Gasteiger partial charge in [-0.05, 0) is 18.1 Å². The fourth-order valence-electron chi connectivity index (χ4n) is 2.04. The van der Waals surface area contributed by atoms with Gasteiger partial charge in [-0.15, -0.1) is 0 Å². The van der Waals surface area contributed by atoms with Crippen molar-refractivity contribution >= 4 is 11.8 Å². The van der Waals surface area contributed by atoms with Gasteiger partial charge in [0.15, 0.2) is 5.78 Å². The van der Waals surface area contributed by atoms with Crippen LogP contribution in [0.2, 0.25) is 0 Å². The number of ketones is 1. The molecule has 1 atom stereocenters. The second-order valence-corrected chi connectivity index (χ2v) is 3.72. The molecule has 4 heteroatoms. The second-order valence-electron chi connectivity index (χ2n) is 3.72. The Bertz CT molecular complexity index is 465. The number of hydrogen-bond donors (Lipinski definition) is 1. The Labute approximate surface area is 85.5 Å². The van der Waals surface area contributed by atoms with E-state index in [0.717, 1.165) is 12.1 Å². The second kappa shape index (κ2) is 3.15. The number of fused-ring (bicyclic) bond motifs is 1. The van der Waals surface area contributed by atoms with Gasteiger partial charge in [0.1, 0.15) is 5.82 Å². The molecule has 0 amide bonds. The van der Waals surface area contributed by atoms with E-state index in [2.05, 4.69) is 0 Å². The Kier molecular flexibility index (Phi) is 2.07. The third-order valence-electron chi connectivity index (χ3n) is 2.69. The Hall–Kier alpha value is -1.71. The average molecular weight is 208 g/mol. The van der Waals surface area contributed by atoms with Crippen molar-refractivity contribution in [2.45, 2.75) is 19.3 Å². The number of carbonyl (C=O) groups excluding carboxylic acids is 1. The van der Waals surface area contributed by atoms with Gasteiger partial charge in [-0.3, -0.25) is 4.79 Å². The summed E-state index contributed by atoms with van der Waals surface area (Å²) in [5.41, 5.74) is 0.204. The molecule has 0 bridgehead atoms. The fourth-order valence-corrected chi connectivity index (χ4v) is 2.04. The van der Waals surface area contributed by atoms with Crippen molar-refractivity contribution in [3.8, 4) is 0 Å². The number of Topliss-reactive ketones (excluding diaryl/α,β-unsaturated/α-hetero) is 1. The van der Waals surface area contributed by atoms with Crippen LogP contribution < -0.4 is 0 Å². The lowest BCUT2D eigenvalue weighted by Gasteiger charge is -2.06. The summed E-state index contributed by atoms with van der Waals surface area (Å²) in [6.07, 6.45) is 0.191. The molecule has 1 aromatic rings. The molecule has 0 saturated carbocycles. The number of halogens is 1. The van der Waals surface area contributed by atoms with Gasteiger partial charge in [-0.2, -0.15) is 0 Å². The monoisotopic (exact) mass is 208 g/mol. The van der Waals surface area contributed by atoms with Gasteiger partial charge in [0.05, 0.1) is 5.56 Å². The number of carboxylic acid groups (broad SMARTS) is 1. The van der Waals surface area contributed by atoms with Crippen LogP contribution in [-0.2, 0) is 0 Å². The maximum absolute atomic E-state index is 13.4. The highest BCUT2D eigenvalue weighted by Gasteiger charge is 2.33. The van der Waals surface area contributed by atoms with E-state index in [1.54, 1.807) is 6.92 Å². The zero-order chi connectivity index (χ0) is 11.2. The first-order chi connectivity index (χ1) is 7.02. The van der Waals surface area contributed by atoms with Crippen LogP contribution >= 0.6 is 0 Å². The molecule has 0 spiro atoms. The molecule has 1 N–H and O–H groups in total. The van der Waals surface area contributed by atoms with Gasteiger partial charge in [-0.1, -0.05) is 6.92 Å². The van der Waals surface area contributed by atoms with Crippen molar-refractivity contribution in [3.63, 3.8) is 0 Å². The summed E-state index contributed by atoms with van der Waals surface area (Å²) >= 11 is 0.